The number of fused-ring (bicyclic) bond motifs is 6. The van der Waals surface area contributed by atoms with Gasteiger partial charge in [0.2, 0.25) is 5.75 Å². The maximum Gasteiger partial charge on any atom is 0.346 e. The standard InChI is InChI=1S/C107H114N16O19S3/c1-68(2)121(82-30-27-75-51-85(105(127)140-91(75)56-82)101-109-88-13-7-10-16-96(88)143-101)63-79-60-118(115-112-79)33-36-130-39-42-133-45-48-136-94-54-78(100(125)108-59-71-23-25-74(26-24-71)104(126)139-67-73-21-19-72(66-124)20-22-73)55-95(137-49-46-134-43-40-131-37-34-119-61-80(113-116-119)64-122(69(3)4)83-31-28-76-52-86(106(128)141-92(76)57-83)102-110-89-14-8-11-17-97(89)144-102)99(94)138-50-47-135-44-41-132-38-35-120-62-81(114-117-120)65-123(70(5)6)84-32-29-77-53-87(107(129)142-93(77)58-84)103-111-90-15-9-12-18-98(90)145-103/h7-32,51-58,68-70,79-81,124H,33-50,59-67H2,1-6H3,(H,108,125). The predicted molar refractivity (Wildman–Crippen MR) is 558 cm³/mol. The minimum Gasteiger partial charge on any atom is -0.487 e. The monoisotopic (exact) mass is 2020 g/mol. The maximum absolute atomic E-state index is 14.5. The Bertz CT molecular complexity index is 6930. The fourth-order valence-electron chi connectivity index (χ4n) is 17.0. The number of aromatic nitrogens is 3. The quantitative estimate of drug-likeness (QED) is 0.0203. The summed E-state index contributed by atoms with van der Waals surface area (Å²) in [6, 6.07) is 63.7. The minimum absolute atomic E-state index is 0.0325. The molecule has 0 radical (unpaired) electrons. The Morgan fingerprint density at radius 3 is 1.11 bits per heavy atom. The zero-order valence-electron chi connectivity index (χ0n) is 81.4. The Morgan fingerprint density at radius 2 is 0.745 bits per heavy atom. The van der Waals surface area contributed by atoms with E-state index in [0.717, 1.165) is 75.0 Å². The van der Waals surface area contributed by atoms with Crippen LogP contribution in [0.2, 0.25) is 0 Å². The van der Waals surface area contributed by atoms with Crippen molar-refractivity contribution in [2.75, 3.05) is 173 Å². The summed E-state index contributed by atoms with van der Waals surface area (Å²) in [5.41, 5.74) is 9.36. The van der Waals surface area contributed by atoms with Gasteiger partial charge < -0.3 is 85.7 Å². The van der Waals surface area contributed by atoms with Crippen LogP contribution in [0.4, 0.5) is 17.1 Å². The van der Waals surface area contributed by atoms with Crippen LogP contribution in [0.25, 0.3) is 95.3 Å². The molecule has 6 aromatic heterocycles. The van der Waals surface area contributed by atoms with Crippen LogP contribution in [0.1, 0.15) is 78.9 Å². The van der Waals surface area contributed by atoms with E-state index in [0.29, 0.717) is 138 Å². The number of nitrogens with one attached hydrogen (secondary N) is 1. The molecule has 0 spiro atoms. The first-order valence-corrected chi connectivity index (χ1v) is 51.1. The lowest BCUT2D eigenvalue weighted by molar-refractivity contribution is 0.0254. The van der Waals surface area contributed by atoms with Crippen LogP contribution in [-0.4, -0.2) is 241 Å². The molecular formula is C107H114N16O19S3. The fourth-order valence-corrected chi connectivity index (χ4v) is 19.9. The molecule has 3 atom stereocenters. The third-order valence-electron chi connectivity index (χ3n) is 24.7. The highest BCUT2D eigenvalue weighted by Gasteiger charge is 2.31. The average molecular weight is 2020 g/mol. The van der Waals surface area contributed by atoms with Crippen LogP contribution in [0.15, 0.2) is 265 Å². The van der Waals surface area contributed by atoms with Crippen LogP contribution < -0.4 is 51.1 Å². The number of esters is 1. The van der Waals surface area contributed by atoms with E-state index in [-0.39, 0.29) is 158 Å². The molecule has 0 aliphatic carbocycles. The molecule has 0 saturated carbocycles. The van der Waals surface area contributed by atoms with Gasteiger partial charge in [0.1, 0.15) is 76.3 Å². The van der Waals surface area contributed by atoms with Gasteiger partial charge in [-0.1, -0.05) is 88.5 Å². The predicted octanol–water partition coefficient (Wildman–Crippen LogP) is 17.8. The molecule has 3 aliphatic heterocycles. The van der Waals surface area contributed by atoms with Crippen LogP contribution >= 0.6 is 34.0 Å². The maximum atomic E-state index is 14.5. The molecule has 0 saturated heterocycles. The van der Waals surface area contributed by atoms with Crippen molar-refractivity contribution in [3.8, 4) is 49.0 Å². The minimum atomic E-state index is -0.520. The van der Waals surface area contributed by atoms with E-state index in [1.54, 1.807) is 60.7 Å². The first kappa shape index (κ1) is 101. The number of carbonyl (C=O) groups excluding carboxylic acids is 2. The van der Waals surface area contributed by atoms with Gasteiger partial charge in [-0.3, -0.25) is 19.8 Å². The van der Waals surface area contributed by atoms with Crippen molar-refractivity contribution in [3.63, 3.8) is 0 Å². The van der Waals surface area contributed by atoms with Gasteiger partial charge >= 0.3 is 22.8 Å². The van der Waals surface area contributed by atoms with E-state index in [9.17, 15) is 29.1 Å². The number of amides is 1. The molecule has 754 valence electrons. The molecule has 1 amide bonds. The second kappa shape index (κ2) is 48.6. The van der Waals surface area contributed by atoms with E-state index < -0.39 is 28.8 Å². The summed E-state index contributed by atoms with van der Waals surface area (Å²) in [6.45, 7) is 20.9. The summed E-state index contributed by atoms with van der Waals surface area (Å²) in [7, 11) is 0. The lowest BCUT2D eigenvalue weighted by atomic mass is 10.1. The normalized spacial score (nSPS) is 14.6. The highest BCUT2D eigenvalue weighted by atomic mass is 32.1. The van der Waals surface area contributed by atoms with E-state index in [1.165, 1.54) is 34.0 Å². The van der Waals surface area contributed by atoms with Crippen molar-refractivity contribution in [1.82, 2.24) is 35.3 Å². The van der Waals surface area contributed by atoms with Crippen molar-refractivity contribution in [3.05, 3.63) is 265 Å². The Kier molecular flexibility index (Phi) is 33.8. The van der Waals surface area contributed by atoms with Crippen LogP contribution in [0.5, 0.6) is 17.2 Å². The second-order valence-electron chi connectivity index (χ2n) is 36.0. The molecule has 3 aliphatic rings. The summed E-state index contributed by atoms with van der Waals surface area (Å²) >= 11 is 4.38. The third-order valence-corrected chi connectivity index (χ3v) is 27.9. The Labute approximate surface area is 847 Å². The molecule has 9 heterocycles. The van der Waals surface area contributed by atoms with Crippen molar-refractivity contribution in [2.24, 2.45) is 31.0 Å². The molecule has 0 bridgehead atoms. The van der Waals surface area contributed by atoms with Gasteiger partial charge in [-0.25, -0.2) is 34.1 Å². The summed E-state index contributed by atoms with van der Waals surface area (Å²) in [4.78, 5) is 88.7. The van der Waals surface area contributed by atoms with E-state index >= 15 is 0 Å². The lowest BCUT2D eigenvalue weighted by Crippen LogP contribution is -2.39. The van der Waals surface area contributed by atoms with Crippen molar-refractivity contribution in [2.45, 2.75) is 97.6 Å². The first-order chi connectivity index (χ1) is 70.8. The molecule has 2 N–H and O–H groups in total. The molecule has 38 heteroatoms. The first-order valence-electron chi connectivity index (χ1n) is 48.6. The van der Waals surface area contributed by atoms with Gasteiger partial charge in [-0.15, -0.1) is 34.0 Å². The Balaban J connectivity index is 0.476. The number of aliphatic hydroxyl groups excluding tert-OH is 1. The number of hydrogen-bond acceptors (Lipinski definition) is 37. The SMILES string of the molecule is CC(C)N(CC1CN(CCOCCOCCOc2cc(C(=O)NCc3ccc(C(=O)OCc4ccc(CO)cc4)cc3)cc(OCCOCCOCCN3CC(CN(c4ccc5cc(-c6nc7ccccc7s6)c(=O)oc5c4)C(C)C)N=N3)c2OCCOCCOCCN2CC(CN(c3ccc4cc(-c5nc6ccccc6s5)c(=O)oc4c3)C(C)C)N=N2)N=N1)c1ccc2cc(-c3nc4ccccc4s3)c(=O)oc2c1. The van der Waals surface area contributed by atoms with Gasteiger partial charge in [-0.2, -0.15) is 15.3 Å². The molecule has 9 aromatic carbocycles. The number of hydrogen-bond donors (Lipinski definition) is 2. The van der Waals surface area contributed by atoms with Crippen LogP contribution in [-0.2, 0) is 52.9 Å². The van der Waals surface area contributed by atoms with Crippen molar-refractivity contribution < 1.29 is 75.3 Å². The van der Waals surface area contributed by atoms with Gasteiger partial charge in [-0.05, 0) is 173 Å². The number of nitrogens with zero attached hydrogens (tertiary/aromatic N) is 15. The highest BCUT2D eigenvalue weighted by molar-refractivity contribution is 7.22. The van der Waals surface area contributed by atoms with E-state index in [1.807, 2.05) is 161 Å². The van der Waals surface area contributed by atoms with Gasteiger partial charge in [0, 0.05) is 101 Å². The smallest absolute Gasteiger partial charge is 0.346 e. The molecule has 0 fully saturated rings. The number of carbonyl (C=O) groups is 2. The fraction of sp³-hybridized carbons (Fsp3) is 0.364. The average Bonchev–Trinajstić information content (AvgIpc) is 1.73. The zero-order chi connectivity index (χ0) is 100. The van der Waals surface area contributed by atoms with Crippen molar-refractivity contribution >= 4 is 127 Å². The number of thiazole rings is 3. The van der Waals surface area contributed by atoms with Crippen LogP contribution in [0, 0.1) is 0 Å². The Morgan fingerprint density at radius 1 is 0.400 bits per heavy atom. The number of anilines is 3. The second-order valence-corrected chi connectivity index (χ2v) is 39.1. The molecule has 145 heavy (non-hydrogen) atoms. The Hall–Kier alpha value is -14.1. The topological polar surface area (TPSA) is 382 Å². The zero-order valence-corrected chi connectivity index (χ0v) is 83.9. The number of ether oxygens (including phenoxy) is 10. The van der Waals surface area contributed by atoms with E-state index in [2.05, 4.69) is 92.6 Å². The summed E-state index contributed by atoms with van der Waals surface area (Å²) in [5, 5.41) is 49.8. The summed E-state index contributed by atoms with van der Waals surface area (Å²) < 4.78 is 82.2. The van der Waals surface area contributed by atoms with Crippen LogP contribution in [0.3, 0.4) is 0 Å². The molecule has 35 nitrogen and oxygen atoms in total. The summed E-state index contributed by atoms with van der Waals surface area (Å²) in [6.07, 6.45) is 0. The van der Waals surface area contributed by atoms with Gasteiger partial charge in [0.25, 0.3) is 5.91 Å². The largest absolute Gasteiger partial charge is 0.487 e. The molecule has 3 unspecified atom stereocenters. The lowest BCUT2D eigenvalue weighted by Gasteiger charge is -2.30. The number of para-hydroxylation sites is 3. The number of aliphatic hydroxyl groups is 1. The molecule has 15 aromatic rings. The van der Waals surface area contributed by atoms with E-state index in [4.69, 9.17) is 75.6 Å². The number of rotatable bonds is 52. The number of benzene rings is 9. The molecule has 18 rings (SSSR count). The third kappa shape index (κ3) is 26.2. The highest BCUT2D eigenvalue weighted by Crippen LogP contribution is 2.41. The van der Waals surface area contributed by atoms with Crippen molar-refractivity contribution in [1.29, 1.82) is 0 Å². The summed E-state index contributed by atoms with van der Waals surface area (Å²) in [5.74, 6) is -0.387. The van der Waals surface area contributed by atoms with Gasteiger partial charge in [0.15, 0.2) is 11.5 Å². The molecular weight excluding hydrogens is 1910 g/mol. The van der Waals surface area contributed by atoms with Gasteiger partial charge in [0.05, 0.1) is 178 Å².